The molecule has 0 aromatic carbocycles. The maximum atomic E-state index is 11.9. The molecule has 0 fully saturated rings. The Hall–Kier alpha value is -1.18. The van der Waals surface area contributed by atoms with Crippen molar-refractivity contribution in [2.24, 2.45) is 0 Å². The fraction of sp³-hybridized carbons (Fsp3) is 0.714. The Morgan fingerprint density at radius 3 is 3.05 bits per heavy atom. The van der Waals surface area contributed by atoms with Crippen molar-refractivity contribution in [2.45, 2.75) is 25.7 Å². The Kier molecular flexibility index (Phi) is 6.41. The highest BCUT2D eigenvalue weighted by molar-refractivity contribution is 7.15. The maximum absolute atomic E-state index is 11.9. The highest BCUT2D eigenvalue weighted by Gasteiger charge is 2.33. The van der Waals surface area contributed by atoms with Gasteiger partial charge in [0.15, 0.2) is 5.13 Å². The number of carbonyl (C=O) groups excluding carboxylic acids is 1. The zero-order chi connectivity index (χ0) is 15.1. The smallest absolute Gasteiger partial charge is 0.315 e. The molecule has 118 valence electrons. The number of ether oxygens (including phenoxy) is 3. The highest BCUT2D eigenvalue weighted by Crippen LogP contribution is 2.38. The molecule has 21 heavy (non-hydrogen) atoms. The zero-order valence-electron chi connectivity index (χ0n) is 12.5. The molecule has 7 heteroatoms. The minimum absolute atomic E-state index is 0.156. The minimum Gasteiger partial charge on any atom is -0.465 e. The van der Waals surface area contributed by atoms with Gasteiger partial charge in [-0.25, -0.2) is 4.98 Å². The van der Waals surface area contributed by atoms with E-state index in [4.69, 9.17) is 14.2 Å². The maximum Gasteiger partial charge on any atom is 0.315 e. The van der Waals surface area contributed by atoms with Crippen LogP contribution in [0, 0.1) is 0 Å². The van der Waals surface area contributed by atoms with E-state index in [-0.39, 0.29) is 11.9 Å². The number of thiazole rings is 1. The van der Waals surface area contributed by atoms with E-state index in [1.807, 2.05) is 6.92 Å². The monoisotopic (exact) mass is 314 g/mol. The fourth-order valence-corrected chi connectivity index (χ4v) is 3.31. The van der Waals surface area contributed by atoms with Crippen molar-refractivity contribution in [3.63, 3.8) is 0 Å². The van der Waals surface area contributed by atoms with Crippen molar-refractivity contribution in [3.05, 3.63) is 10.6 Å². The van der Waals surface area contributed by atoms with Crippen LogP contribution in [0.15, 0.2) is 0 Å². The average Bonchev–Trinajstić information content (AvgIpc) is 3.02. The number of rotatable bonds is 9. The summed E-state index contributed by atoms with van der Waals surface area (Å²) < 4.78 is 15.4. The number of nitrogens with zero attached hydrogens (tertiary/aromatic N) is 1. The summed E-state index contributed by atoms with van der Waals surface area (Å²) >= 11 is 1.62. The third kappa shape index (κ3) is 4.39. The van der Waals surface area contributed by atoms with E-state index in [1.165, 1.54) is 4.88 Å². The van der Waals surface area contributed by atoms with Gasteiger partial charge in [0.2, 0.25) is 0 Å². The van der Waals surface area contributed by atoms with Crippen LogP contribution >= 0.6 is 11.3 Å². The van der Waals surface area contributed by atoms with Crippen LogP contribution in [0.2, 0.25) is 0 Å². The molecule has 0 amide bonds. The summed E-state index contributed by atoms with van der Waals surface area (Å²) in [4.78, 5) is 17.6. The molecule has 1 aliphatic carbocycles. The Balaban J connectivity index is 1.80. The molecule has 1 aliphatic rings. The number of methoxy groups -OCH3 is 1. The van der Waals surface area contributed by atoms with Crippen LogP contribution in [0.5, 0.6) is 0 Å². The molecule has 0 saturated carbocycles. The van der Waals surface area contributed by atoms with Gasteiger partial charge in [0, 0.05) is 18.5 Å². The molecule has 1 aromatic rings. The Morgan fingerprint density at radius 1 is 1.43 bits per heavy atom. The number of aromatic nitrogens is 1. The van der Waals surface area contributed by atoms with E-state index in [1.54, 1.807) is 18.4 Å². The number of hydrogen-bond donors (Lipinski definition) is 1. The third-order valence-electron chi connectivity index (χ3n) is 3.24. The van der Waals surface area contributed by atoms with Crippen molar-refractivity contribution in [3.8, 4) is 0 Å². The standard InChI is InChI=1S/C14H22N2O4S/c1-3-20-13(17)10-4-5-11-12(10)16-14(21-11)15-6-7-19-9-8-18-2/h10H,3-9H2,1-2H3,(H,15,16). The molecule has 1 heterocycles. The molecule has 1 atom stereocenters. The van der Waals surface area contributed by atoms with Gasteiger partial charge in [0.25, 0.3) is 0 Å². The summed E-state index contributed by atoms with van der Waals surface area (Å²) in [5, 5.41) is 4.08. The fourth-order valence-electron chi connectivity index (χ4n) is 2.25. The molecule has 1 N–H and O–H groups in total. The predicted octanol–water partition coefficient (Wildman–Crippen LogP) is 1.81. The SMILES string of the molecule is CCOC(=O)C1CCc2sc(NCCOCCOC)nc21. The zero-order valence-corrected chi connectivity index (χ0v) is 13.3. The van der Waals surface area contributed by atoms with Gasteiger partial charge >= 0.3 is 5.97 Å². The van der Waals surface area contributed by atoms with Crippen LogP contribution in [0.1, 0.15) is 29.8 Å². The number of fused-ring (bicyclic) bond motifs is 1. The van der Waals surface area contributed by atoms with Crippen molar-refractivity contribution in [1.29, 1.82) is 0 Å². The summed E-state index contributed by atoms with van der Waals surface area (Å²) in [5.74, 6) is -0.347. The van der Waals surface area contributed by atoms with Gasteiger partial charge in [-0.15, -0.1) is 11.3 Å². The van der Waals surface area contributed by atoms with Crippen LogP contribution in [0.25, 0.3) is 0 Å². The summed E-state index contributed by atoms with van der Waals surface area (Å²) in [6.45, 7) is 4.74. The number of aryl methyl sites for hydroxylation is 1. The van der Waals surface area contributed by atoms with Crippen molar-refractivity contribution < 1.29 is 19.0 Å². The first-order valence-electron chi connectivity index (χ1n) is 7.23. The molecule has 0 radical (unpaired) electrons. The summed E-state index contributed by atoms with van der Waals surface area (Å²) in [5.41, 5.74) is 0.890. The number of nitrogens with one attached hydrogen (secondary N) is 1. The van der Waals surface area contributed by atoms with Crippen molar-refractivity contribution >= 4 is 22.4 Å². The molecular weight excluding hydrogens is 292 g/mol. The van der Waals surface area contributed by atoms with Crippen molar-refractivity contribution in [1.82, 2.24) is 4.98 Å². The van der Waals surface area contributed by atoms with Crippen LogP contribution < -0.4 is 5.32 Å². The van der Waals surface area contributed by atoms with Gasteiger partial charge in [-0.3, -0.25) is 4.79 Å². The lowest BCUT2D eigenvalue weighted by Gasteiger charge is -2.08. The summed E-state index contributed by atoms with van der Waals surface area (Å²) in [7, 11) is 1.65. The van der Waals surface area contributed by atoms with Gasteiger partial charge in [-0.05, 0) is 19.8 Å². The van der Waals surface area contributed by atoms with Gasteiger partial charge < -0.3 is 19.5 Å². The Bertz CT molecular complexity index is 464. The summed E-state index contributed by atoms with van der Waals surface area (Å²) in [6.07, 6.45) is 1.72. The topological polar surface area (TPSA) is 69.7 Å². The van der Waals surface area contributed by atoms with Crippen LogP contribution in [-0.2, 0) is 25.4 Å². The molecular formula is C14H22N2O4S. The lowest BCUT2D eigenvalue weighted by atomic mass is 10.1. The number of carbonyl (C=O) groups is 1. The normalized spacial score (nSPS) is 16.8. The van der Waals surface area contributed by atoms with Crippen LogP contribution in [0.3, 0.4) is 0 Å². The largest absolute Gasteiger partial charge is 0.465 e. The molecule has 0 aliphatic heterocycles. The molecule has 0 saturated heterocycles. The lowest BCUT2D eigenvalue weighted by Crippen LogP contribution is -2.15. The van der Waals surface area contributed by atoms with E-state index in [9.17, 15) is 4.79 Å². The summed E-state index contributed by atoms with van der Waals surface area (Å²) in [6, 6.07) is 0. The second-order valence-electron chi connectivity index (χ2n) is 4.70. The van der Waals surface area contributed by atoms with Crippen LogP contribution in [0.4, 0.5) is 5.13 Å². The Morgan fingerprint density at radius 2 is 2.29 bits per heavy atom. The molecule has 0 spiro atoms. The van der Waals surface area contributed by atoms with Gasteiger partial charge in [0.1, 0.15) is 5.92 Å². The number of hydrogen-bond acceptors (Lipinski definition) is 7. The second-order valence-corrected chi connectivity index (χ2v) is 5.79. The first-order valence-corrected chi connectivity index (χ1v) is 8.04. The lowest BCUT2D eigenvalue weighted by molar-refractivity contribution is -0.145. The average molecular weight is 314 g/mol. The van der Waals surface area contributed by atoms with Crippen LogP contribution in [-0.4, -0.2) is 51.0 Å². The van der Waals surface area contributed by atoms with E-state index in [0.29, 0.717) is 33.0 Å². The minimum atomic E-state index is -0.190. The van der Waals surface area contributed by atoms with Gasteiger partial charge in [-0.2, -0.15) is 0 Å². The second kappa shape index (κ2) is 8.31. The molecule has 6 nitrogen and oxygen atoms in total. The van der Waals surface area contributed by atoms with Gasteiger partial charge in [-0.1, -0.05) is 0 Å². The molecule has 2 rings (SSSR count). The quantitative estimate of drug-likeness (QED) is 0.554. The van der Waals surface area contributed by atoms with Gasteiger partial charge in [0.05, 0.1) is 32.1 Å². The number of anilines is 1. The Labute approximate surface area is 128 Å². The van der Waals surface area contributed by atoms with E-state index >= 15 is 0 Å². The van der Waals surface area contributed by atoms with E-state index < -0.39 is 0 Å². The highest BCUT2D eigenvalue weighted by atomic mass is 32.1. The number of esters is 1. The van der Waals surface area contributed by atoms with Crippen molar-refractivity contribution in [2.75, 3.05) is 45.4 Å². The third-order valence-corrected chi connectivity index (χ3v) is 4.33. The first kappa shape index (κ1) is 16.2. The van der Waals surface area contributed by atoms with E-state index in [2.05, 4.69) is 10.3 Å². The molecule has 1 unspecified atom stereocenters. The molecule has 0 bridgehead atoms. The van der Waals surface area contributed by atoms with E-state index in [0.717, 1.165) is 23.7 Å². The first-order chi connectivity index (χ1) is 10.3. The predicted molar refractivity (Wildman–Crippen MR) is 81.0 cm³/mol. The molecule has 1 aromatic heterocycles.